The Bertz CT molecular complexity index is 511. The maximum Gasteiger partial charge on any atom is 0.254 e. The molecule has 6 nitrogen and oxygen atoms in total. The lowest BCUT2D eigenvalue weighted by Crippen LogP contribution is -2.33. The number of hydrogen-bond acceptors (Lipinski definition) is 4. The number of rotatable bonds is 7. The van der Waals surface area contributed by atoms with Crippen molar-refractivity contribution < 1.29 is 9.90 Å². The Morgan fingerprint density at radius 1 is 1.45 bits per heavy atom. The lowest BCUT2D eigenvalue weighted by atomic mass is 10.1. The summed E-state index contributed by atoms with van der Waals surface area (Å²) in [5.41, 5.74) is 1.07. The van der Waals surface area contributed by atoms with Crippen molar-refractivity contribution in [2.75, 3.05) is 6.61 Å². The van der Waals surface area contributed by atoms with E-state index in [1.807, 2.05) is 6.92 Å². The highest BCUT2D eigenvalue weighted by molar-refractivity contribution is 5.76. The molecule has 0 aliphatic heterocycles. The number of nitrogens with one attached hydrogen (secondary N) is 2. The third-order valence-electron chi connectivity index (χ3n) is 3.15. The van der Waals surface area contributed by atoms with Gasteiger partial charge in [-0.25, -0.2) is 4.98 Å². The molecule has 20 heavy (non-hydrogen) atoms. The minimum absolute atomic E-state index is 0.0326. The number of amides is 1. The van der Waals surface area contributed by atoms with E-state index in [1.54, 1.807) is 13.8 Å². The molecule has 0 radical (unpaired) electrons. The molecule has 0 aliphatic rings. The van der Waals surface area contributed by atoms with Gasteiger partial charge in [0, 0.05) is 30.3 Å². The van der Waals surface area contributed by atoms with Crippen LogP contribution >= 0.6 is 0 Å². The van der Waals surface area contributed by atoms with E-state index in [4.69, 9.17) is 5.11 Å². The first-order valence-electron chi connectivity index (χ1n) is 6.90. The van der Waals surface area contributed by atoms with Crippen molar-refractivity contribution in [2.45, 2.75) is 52.5 Å². The van der Waals surface area contributed by atoms with Crippen molar-refractivity contribution in [3.8, 4) is 0 Å². The van der Waals surface area contributed by atoms with Crippen molar-refractivity contribution in [1.82, 2.24) is 15.3 Å². The smallest absolute Gasteiger partial charge is 0.254 e. The number of aliphatic hydroxyl groups is 1. The van der Waals surface area contributed by atoms with Crippen LogP contribution in [0, 0.1) is 13.8 Å². The zero-order valence-electron chi connectivity index (χ0n) is 12.3. The van der Waals surface area contributed by atoms with Gasteiger partial charge in [0.2, 0.25) is 5.91 Å². The largest absolute Gasteiger partial charge is 0.396 e. The van der Waals surface area contributed by atoms with Crippen LogP contribution in [0.25, 0.3) is 0 Å². The van der Waals surface area contributed by atoms with Crippen LogP contribution in [0.15, 0.2) is 4.79 Å². The molecular weight excluding hydrogens is 258 g/mol. The summed E-state index contributed by atoms with van der Waals surface area (Å²) in [6.45, 7) is 5.54. The van der Waals surface area contributed by atoms with E-state index < -0.39 is 0 Å². The minimum Gasteiger partial charge on any atom is -0.396 e. The third kappa shape index (κ3) is 5.13. The van der Waals surface area contributed by atoms with Gasteiger partial charge in [-0.05, 0) is 40.0 Å². The molecule has 0 spiro atoms. The number of nitrogens with zero attached hydrogens (tertiary/aromatic N) is 1. The van der Waals surface area contributed by atoms with Gasteiger partial charge in [0.15, 0.2) is 0 Å². The summed E-state index contributed by atoms with van der Waals surface area (Å²) < 4.78 is 0. The molecule has 1 heterocycles. The quantitative estimate of drug-likeness (QED) is 0.682. The molecule has 1 unspecified atom stereocenters. The summed E-state index contributed by atoms with van der Waals surface area (Å²) in [7, 11) is 0. The van der Waals surface area contributed by atoms with Gasteiger partial charge in [0.1, 0.15) is 5.82 Å². The number of aryl methyl sites for hydroxylation is 2. The van der Waals surface area contributed by atoms with Crippen LogP contribution in [-0.4, -0.2) is 33.6 Å². The van der Waals surface area contributed by atoms with Crippen molar-refractivity contribution in [3.63, 3.8) is 0 Å². The van der Waals surface area contributed by atoms with Crippen LogP contribution in [0.2, 0.25) is 0 Å². The molecule has 0 aromatic carbocycles. The Balaban J connectivity index is 2.51. The van der Waals surface area contributed by atoms with Gasteiger partial charge in [-0.15, -0.1) is 0 Å². The predicted octanol–water partition coefficient (Wildman–Crippen LogP) is 0.597. The molecule has 0 bridgehead atoms. The molecule has 1 rings (SSSR count). The average Bonchev–Trinajstić information content (AvgIpc) is 2.34. The lowest BCUT2D eigenvalue weighted by Gasteiger charge is -2.13. The second kappa shape index (κ2) is 7.79. The third-order valence-corrected chi connectivity index (χ3v) is 3.15. The molecule has 1 aromatic heterocycles. The highest BCUT2D eigenvalue weighted by Crippen LogP contribution is 2.03. The summed E-state index contributed by atoms with van der Waals surface area (Å²) in [5.74, 6) is 0.494. The van der Waals surface area contributed by atoms with E-state index in [0.717, 1.165) is 6.42 Å². The normalized spacial score (nSPS) is 12.2. The van der Waals surface area contributed by atoms with Crippen LogP contribution in [0.5, 0.6) is 0 Å². The Morgan fingerprint density at radius 3 is 2.75 bits per heavy atom. The van der Waals surface area contributed by atoms with Crippen molar-refractivity contribution in [3.05, 3.63) is 27.4 Å². The average molecular weight is 281 g/mol. The van der Waals surface area contributed by atoms with Gasteiger partial charge < -0.3 is 15.4 Å². The van der Waals surface area contributed by atoms with Crippen LogP contribution in [-0.2, 0) is 11.2 Å². The predicted molar refractivity (Wildman–Crippen MR) is 76.6 cm³/mol. The number of carbonyl (C=O) groups excluding carboxylic acids is 1. The van der Waals surface area contributed by atoms with Crippen LogP contribution in [0.3, 0.4) is 0 Å². The zero-order valence-corrected chi connectivity index (χ0v) is 12.3. The lowest BCUT2D eigenvalue weighted by molar-refractivity contribution is -0.121. The first-order valence-corrected chi connectivity index (χ1v) is 6.90. The van der Waals surface area contributed by atoms with E-state index in [2.05, 4.69) is 15.3 Å². The van der Waals surface area contributed by atoms with E-state index >= 15 is 0 Å². The molecule has 0 saturated heterocycles. The minimum atomic E-state index is -0.170. The molecule has 6 heteroatoms. The van der Waals surface area contributed by atoms with Crippen molar-refractivity contribution >= 4 is 5.91 Å². The molecule has 1 aromatic rings. The Kier molecular flexibility index (Phi) is 6.38. The van der Waals surface area contributed by atoms with E-state index in [9.17, 15) is 9.59 Å². The molecule has 1 atom stereocenters. The highest BCUT2D eigenvalue weighted by atomic mass is 16.3. The van der Waals surface area contributed by atoms with Crippen LogP contribution in [0.4, 0.5) is 0 Å². The molecule has 0 saturated carbocycles. The number of aromatic nitrogens is 2. The fourth-order valence-electron chi connectivity index (χ4n) is 2.10. The number of hydrogen-bond donors (Lipinski definition) is 3. The van der Waals surface area contributed by atoms with E-state index in [-0.39, 0.29) is 30.5 Å². The fraction of sp³-hybridized carbons (Fsp3) is 0.643. The van der Waals surface area contributed by atoms with Crippen molar-refractivity contribution in [2.24, 2.45) is 0 Å². The number of aliphatic hydroxyl groups excluding tert-OH is 1. The van der Waals surface area contributed by atoms with Gasteiger partial charge >= 0.3 is 0 Å². The molecule has 0 aliphatic carbocycles. The first-order chi connectivity index (χ1) is 9.43. The van der Waals surface area contributed by atoms with Gasteiger partial charge in [0.05, 0.1) is 0 Å². The Labute approximate surface area is 118 Å². The highest BCUT2D eigenvalue weighted by Gasteiger charge is 2.11. The maximum absolute atomic E-state index is 11.8. The number of carbonyl (C=O) groups is 1. The van der Waals surface area contributed by atoms with E-state index in [0.29, 0.717) is 29.9 Å². The van der Waals surface area contributed by atoms with Gasteiger partial charge in [-0.1, -0.05) is 0 Å². The van der Waals surface area contributed by atoms with Gasteiger partial charge in [-0.2, -0.15) is 0 Å². The van der Waals surface area contributed by atoms with E-state index in [1.165, 1.54) is 0 Å². The summed E-state index contributed by atoms with van der Waals surface area (Å²) >= 11 is 0. The SMILES string of the molecule is Cc1nc(C)c(CCC(=O)NC(C)CCCO)c(=O)[nH]1. The summed E-state index contributed by atoms with van der Waals surface area (Å²) in [6.07, 6.45) is 2.06. The Hall–Kier alpha value is -1.69. The fourth-order valence-corrected chi connectivity index (χ4v) is 2.10. The molecular formula is C14H23N3O3. The summed E-state index contributed by atoms with van der Waals surface area (Å²) in [4.78, 5) is 30.4. The van der Waals surface area contributed by atoms with Gasteiger partial charge in [0.25, 0.3) is 5.56 Å². The van der Waals surface area contributed by atoms with Crippen LogP contribution < -0.4 is 10.9 Å². The molecule has 1 amide bonds. The standard InChI is InChI=1S/C14H23N3O3/c1-9(5-4-8-18)15-13(19)7-6-12-10(2)16-11(3)17-14(12)20/h9,18H,4-8H2,1-3H3,(H,15,19)(H,16,17,20). The zero-order chi connectivity index (χ0) is 15.1. The second-order valence-electron chi connectivity index (χ2n) is 5.05. The first kappa shape index (κ1) is 16.4. The maximum atomic E-state index is 11.8. The van der Waals surface area contributed by atoms with Gasteiger partial charge in [-0.3, -0.25) is 9.59 Å². The second-order valence-corrected chi connectivity index (χ2v) is 5.05. The molecule has 3 N–H and O–H groups in total. The summed E-state index contributed by atoms with van der Waals surface area (Å²) in [6, 6.07) is 0.0326. The van der Waals surface area contributed by atoms with Crippen LogP contribution in [0.1, 0.15) is 43.3 Å². The monoisotopic (exact) mass is 281 g/mol. The number of aromatic amines is 1. The number of H-pyrrole nitrogens is 1. The Morgan fingerprint density at radius 2 is 2.15 bits per heavy atom. The molecule has 112 valence electrons. The topological polar surface area (TPSA) is 95.1 Å². The molecule has 0 fully saturated rings. The van der Waals surface area contributed by atoms with Crippen molar-refractivity contribution in [1.29, 1.82) is 0 Å². The summed E-state index contributed by atoms with van der Waals surface area (Å²) in [5, 5.41) is 11.6.